The molecule has 1 aromatic carbocycles. The van der Waals surface area contributed by atoms with E-state index in [2.05, 4.69) is 12.1 Å². The zero-order chi connectivity index (χ0) is 12.6. The third kappa shape index (κ3) is 1.67. The first-order valence-electron chi connectivity index (χ1n) is 6.53. The second-order valence-corrected chi connectivity index (χ2v) is 6.46. The summed E-state index contributed by atoms with van der Waals surface area (Å²) in [7, 11) is 0. The molecule has 1 heterocycles. The smallest absolute Gasteiger partial charge is 0.109 e. The highest BCUT2D eigenvalue weighted by atomic mass is 32.2. The van der Waals surface area contributed by atoms with Gasteiger partial charge < -0.3 is 5.11 Å². The first-order chi connectivity index (χ1) is 8.78. The largest absolute Gasteiger partial charge is 0.391 e. The highest BCUT2D eigenvalue weighted by Crippen LogP contribution is 2.45. The van der Waals surface area contributed by atoms with Gasteiger partial charge in [0.25, 0.3) is 0 Å². The summed E-state index contributed by atoms with van der Waals surface area (Å²) >= 11 is 1.89. The summed E-state index contributed by atoms with van der Waals surface area (Å²) in [6.07, 6.45) is 2.21. The molecule has 3 rings (SSSR count). The molecule has 0 radical (unpaired) electrons. The number of nitriles is 1. The lowest BCUT2D eigenvalue weighted by atomic mass is 9.73. The molecule has 3 heteroatoms. The molecule has 1 aromatic rings. The summed E-state index contributed by atoms with van der Waals surface area (Å²) < 4.78 is 0. The minimum absolute atomic E-state index is 0.279. The molecule has 94 valence electrons. The number of thioether (sulfide) groups is 1. The molecule has 18 heavy (non-hydrogen) atoms. The van der Waals surface area contributed by atoms with Gasteiger partial charge in [0.05, 0.1) is 12.2 Å². The summed E-state index contributed by atoms with van der Waals surface area (Å²) in [5.74, 6) is 2.39. The third-order valence-electron chi connectivity index (χ3n) is 4.40. The molecule has 2 aliphatic rings. The van der Waals surface area contributed by atoms with Gasteiger partial charge in [-0.2, -0.15) is 17.0 Å². The molecule has 1 N–H and O–H groups in total. The van der Waals surface area contributed by atoms with Gasteiger partial charge >= 0.3 is 0 Å². The first-order valence-corrected chi connectivity index (χ1v) is 7.69. The fourth-order valence-electron chi connectivity index (χ4n) is 3.33. The van der Waals surface area contributed by atoms with Crippen molar-refractivity contribution >= 4 is 11.8 Å². The number of hydrogen-bond acceptors (Lipinski definition) is 3. The van der Waals surface area contributed by atoms with Gasteiger partial charge in [-0.3, -0.25) is 0 Å². The Morgan fingerprint density at radius 3 is 3.00 bits per heavy atom. The standard InChI is InChI=1S/C15H17NOS/c16-10-15(14(17)12-6-8-18-9-12)7-5-11-3-1-2-4-13(11)15/h1-4,12,14,17H,5-9H2. The van der Waals surface area contributed by atoms with Gasteiger partial charge in [0.15, 0.2) is 0 Å². The van der Waals surface area contributed by atoms with E-state index in [0.717, 1.165) is 36.3 Å². The van der Waals surface area contributed by atoms with Crippen molar-refractivity contribution in [2.75, 3.05) is 11.5 Å². The average molecular weight is 259 g/mol. The quantitative estimate of drug-likeness (QED) is 0.887. The SMILES string of the molecule is N#CC1(C(O)C2CCSC2)CCc2ccccc21. The molecule has 3 atom stereocenters. The molecule has 0 aromatic heterocycles. The van der Waals surface area contributed by atoms with Gasteiger partial charge in [-0.05, 0) is 47.8 Å². The van der Waals surface area contributed by atoms with Crippen LogP contribution in [0.25, 0.3) is 0 Å². The number of aliphatic hydroxyl groups excluding tert-OH is 1. The van der Waals surface area contributed by atoms with Crippen molar-refractivity contribution in [3.8, 4) is 6.07 Å². The molecule has 0 amide bonds. The van der Waals surface area contributed by atoms with Crippen LogP contribution in [0.4, 0.5) is 0 Å². The summed E-state index contributed by atoms with van der Waals surface area (Å²) in [5, 5.41) is 20.4. The van der Waals surface area contributed by atoms with Gasteiger partial charge in [-0.25, -0.2) is 0 Å². The van der Waals surface area contributed by atoms with Crippen LogP contribution < -0.4 is 0 Å². The fourth-order valence-corrected chi connectivity index (χ4v) is 4.62. The molecular weight excluding hydrogens is 242 g/mol. The van der Waals surface area contributed by atoms with Gasteiger partial charge in [0.1, 0.15) is 5.41 Å². The van der Waals surface area contributed by atoms with E-state index in [1.165, 1.54) is 5.56 Å². The topological polar surface area (TPSA) is 44.0 Å². The van der Waals surface area contributed by atoms with Crippen molar-refractivity contribution in [1.82, 2.24) is 0 Å². The molecule has 1 saturated heterocycles. The van der Waals surface area contributed by atoms with Crippen LogP contribution in [-0.2, 0) is 11.8 Å². The molecule has 3 unspecified atom stereocenters. The Balaban J connectivity index is 1.99. The number of aryl methyl sites for hydroxylation is 1. The van der Waals surface area contributed by atoms with Gasteiger partial charge in [0, 0.05) is 0 Å². The lowest BCUT2D eigenvalue weighted by Gasteiger charge is -2.32. The maximum Gasteiger partial charge on any atom is 0.109 e. The molecule has 1 fully saturated rings. The van der Waals surface area contributed by atoms with E-state index in [9.17, 15) is 10.4 Å². The number of benzene rings is 1. The van der Waals surface area contributed by atoms with Gasteiger partial charge in [-0.15, -0.1) is 0 Å². The number of fused-ring (bicyclic) bond motifs is 1. The Kier molecular flexibility index (Phi) is 3.09. The van der Waals surface area contributed by atoms with Crippen molar-refractivity contribution < 1.29 is 5.11 Å². The van der Waals surface area contributed by atoms with Crippen molar-refractivity contribution in [1.29, 1.82) is 5.26 Å². The summed E-state index contributed by atoms with van der Waals surface area (Å²) in [6, 6.07) is 10.6. The van der Waals surface area contributed by atoms with Crippen LogP contribution >= 0.6 is 11.8 Å². The number of rotatable bonds is 2. The van der Waals surface area contributed by atoms with Crippen LogP contribution in [-0.4, -0.2) is 22.7 Å². The molecule has 2 nitrogen and oxygen atoms in total. The van der Waals surface area contributed by atoms with Crippen LogP contribution in [0.15, 0.2) is 24.3 Å². The summed E-state index contributed by atoms with van der Waals surface area (Å²) in [6.45, 7) is 0. The lowest BCUT2D eigenvalue weighted by molar-refractivity contribution is 0.0623. The van der Waals surface area contributed by atoms with E-state index in [0.29, 0.717) is 0 Å². The maximum atomic E-state index is 10.7. The van der Waals surface area contributed by atoms with E-state index in [-0.39, 0.29) is 5.92 Å². The van der Waals surface area contributed by atoms with Crippen LogP contribution in [0.1, 0.15) is 24.0 Å². The van der Waals surface area contributed by atoms with E-state index in [1.807, 2.05) is 30.0 Å². The Morgan fingerprint density at radius 2 is 2.28 bits per heavy atom. The predicted molar refractivity (Wildman–Crippen MR) is 73.5 cm³/mol. The predicted octanol–water partition coefficient (Wildman–Crippen LogP) is 2.51. The molecule has 1 aliphatic heterocycles. The second-order valence-electron chi connectivity index (χ2n) is 5.31. The van der Waals surface area contributed by atoms with E-state index in [1.54, 1.807) is 0 Å². The van der Waals surface area contributed by atoms with Crippen LogP contribution in [0.5, 0.6) is 0 Å². The average Bonchev–Trinajstić information content (AvgIpc) is 3.06. The van der Waals surface area contributed by atoms with E-state index < -0.39 is 11.5 Å². The highest BCUT2D eigenvalue weighted by Gasteiger charge is 2.48. The zero-order valence-electron chi connectivity index (χ0n) is 10.3. The molecular formula is C15H17NOS. The minimum Gasteiger partial charge on any atom is -0.391 e. The molecule has 0 bridgehead atoms. The van der Waals surface area contributed by atoms with Crippen molar-refractivity contribution in [2.45, 2.75) is 30.8 Å². The van der Waals surface area contributed by atoms with Gasteiger partial charge in [-0.1, -0.05) is 24.3 Å². The normalized spacial score (nSPS) is 31.9. The zero-order valence-corrected chi connectivity index (χ0v) is 11.1. The summed E-state index contributed by atoms with van der Waals surface area (Å²) in [5.41, 5.74) is 1.65. The Hall–Kier alpha value is -0.980. The number of nitrogens with zero attached hydrogens (tertiary/aromatic N) is 1. The Morgan fingerprint density at radius 1 is 1.44 bits per heavy atom. The maximum absolute atomic E-state index is 10.7. The second kappa shape index (κ2) is 4.60. The van der Waals surface area contributed by atoms with E-state index >= 15 is 0 Å². The summed E-state index contributed by atoms with van der Waals surface area (Å²) in [4.78, 5) is 0. The lowest BCUT2D eigenvalue weighted by Crippen LogP contribution is -2.41. The Labute approximate surface area is 112 Å². The van der Waals surface area contributed by atoms with Crippen molar-refractivity contribution in [3.63, 3.8) is 0 Å². The fraction of sp³-hybridized carbons (Fsp3) is 0.533. The monoisotopic (exact) mass is 259 g/mol. The van der Waals surface area contributed by atoms with Crippen LogP contribution in [0.2, 0.25) is 0 Å². The Bertz CT molecular complexity index is 490. The first kappa shape index (κ1) is 12.1. The molecule has 1 aliphatic carbocycles. The number of hydrogen-bond donors (Lipinski definition) is 1. The third-order valence-corrected chi connectivity index (χ3v) is 5.59. The molecule has 0 saturated carbocycles. The van der Waals surface area contributed by atoms with E-state index in [4.69, 9.17) is 0 Å². The van der Waals surface area contributed by atoms with Crippen molar-refractivity contribution in [2.24, 2.45) is 5.92 Å². The highest BCUT2D eigenvalue weighted by molar-refractivity contribution is 7.99. The van der Waals surface area contributed by atoms with Crippen LogP contribution in [0, 0.1) is 17.2 Å². The number of aliphatic hydroxyl groups is 1. The van der Waals surface area contributed by atoms with Crippen molar-refractivity contribution in [3.05, 3.63) is 35.4 Å². The molecule has 0 spiro atoms. The van der Waals surface area contributed by atoms with Gasteiger partial charge in [0.2, 0.25) is 0 Å². The minimum atomic E-state index is -0.661. The van der Waals surface area contributed by atoms with Crippen LogP contribution in [0.3, 0.4) is 0 Å².